The van der Waals surface area contributed by atoms with Crippen LogP contribution in [0.15, 0.2) is 36.4 Å². The van der Waals surface area contributed by atoms with Crippen molar-refractivity contribution in [2.75, 3.05) is 0 Å². The smallest absolute Gasteiger partial charge is 0.303 e. The zero-order valence-electron chi connectivity index (χ0n) is 25.5. The van der Waals surface area contributed by atoms with E-state index in [9.17, 15) is 14.4 Å². The van der Waals surface area contributed by atoms with E-state index in [-0.39, 0.29) is 21.7 Å². The van der Waals surface area contributed by atoms with Crippen LogP contribution in [0.2, 0.25) is 0 Å². The van der Waals surface area contributed by atoms with Crippen LogP contribution in [-0.2, 0) is 36.3 Å². The summed E-state index contributed by atoms with van der Waals surface area (Å²) in [5, 5.41) is 0. The summed E-state index contributed by atoms with van der Waals surface area (Å²) in [6.45, 7) is 28.1. The first kappa shape index (κ1) is 31.8. The third-order valence-electron chi connectivity index (χ3n) is 7.13. The maximum absolute atomic E-state index is 12.7. The van der Waals surface area contributed by atoms with E-state index in [1.54, 1.807) is 0 Å². The fraction of sp³-hybridized carbons (Fsp3) is 0.625. The Morgan fingerprint density at radius 1 is 0.622 bits per heavy atom. The van der Waals surface area contributed by atoms with Gasteiger partial charge in [-0.15, -0.1) is 0 Å². The topological polar surface area (TPSA) is 66.8 Å². The first-order chi connectivity index (χ1) is 16.4. The van der Waals surface area contributed by atoms with Crippen molar-refractivity contribution in [2.45, 2.75) is 130 Å². The molecule has 2 rings (SSSR count). The highest BCUT2D eigenvalue weighted by Gasteiger charge is 2.46. The maximum atomic E-state index is 12.7. The lowest BCUT2D eigenvalue weighted by Gasteiger charge is -2.42. The molecule has 0 heterocycles. The maximum Gasteiger partial charge on any atom is 0.470 e. The van der Waals surface area contributed by atoms with E-state index >= 15 is 0 Å². The Bertz CT molecular complexity index is 1070. The van der Waals surface area contributed by atoms with E-state index in [1.807, 2.05) is 6.92 Å². The summed E-state index contributed by atoms with van der Waals surface area (Å²) < 4.78 is 18.7. The Morgan fingerprint density at radius 3 is 1.22 bits per heavy atom. The predicted molar refractivity (Wildman–Crippen MR) is 157 cm³/mol. The van der Waals surface area contributed by atoms with Crippen LogP contribution in [0.3, 0.4) is 0 Å². The molecular formula is C32H51O4P. The fourth-order valence-electron chi connectivity index (χ4n) is 5.08. The van der Waals surface area contributed by atoms with Crippen LogP contribution < -0.4 is 0 Å². The van der Waals surface area contributed by atoms with Gasteiger partial charge < -0.3 is 9.79 Å². The quantitative estimate of drug-likeness (QED) is 0.366. The van der Waals surface area contributed by atoms with Gasteiger partial charge in [-0.3, -0.25) is 4.52 Å². The zero-order chi connectivity index (χ0) is 28.8. The van der Waals surface area contributed by atoms with Gasteiger partial charge in [0.15, 0.2) is 0 Å². The van der Waals surface area contributed by atoms with Gasteiger partial charge in [0, 0.05) is 0 Å². The molecule has 2 aromatic carbocycles. The molecule has 0 atom stereocenters. The van der Waals surface area contributed by atoms with Crippen molar-refractivity contribution >= 4 is 7.82 Å². The summed E-state index contributed by atoms with van der Waals surface area (Å²) in [7, 11) is -4.88. The normalized spacial score (nSPS) is 14.2. The Hall–Kier alpha value is -1.45. The first-order valence-corrected chi connectivity index (χ1v) is 15.0. The zero-order valence-corrected chi connectivity index (χ0v) is 26.4. The molecule has 4 nitrogen and oxygen atoms in total. The van der Waals surface area contributed by atoms with Gasteiger partial charge in [0.1, 0.15) is 5.60 Å². The molecular weight excluding hydrogens is 479 g/mol. The molecule has 208 valence electrons. The van der Waals surface area contributed by atoms with E-state index in [0.29, 0.717) is 12.8 Å². The standard InChI is InChI=1S/C32H51O4P/c1-14-19-32(36-37(33,34)35,24-17-15-22(28(2,3)4)20-26(24)30(8,9)10)25-18-16-23(29(5,6)7)21-27(25)31(11,12)13/h15-18,20-21H,14,19H2,1-13H3,(H2,33,34,35). The summed E-state index contributed by atoms with van der Waals surface area (Å²) in [5.41, 5.74) is 4.10. The Labute approximate surface area is 226 Å². The number of hydrogen-bond acceptors (Lipinski definition) is 2. The molecule has 0 radical (unpaired) electrons. The fourth-order valence-corrected chi connectivity index (χ4v) is 5.77. The number of phosphoric ester groups is 1. The van der Waals surface area contributed by atoms with E-state index in [2.05, 4.69) is 119 Å². The molecule has 0 bridgehead atoms. The van der Waals surface area contributed by atoms with Gasteiger partial charge in [0.05, 0.1) is 0 Å². The summed E-state index contributed by atoms with van der Waals surface area (Å²) in [6.07, 6.45) is 1.13. The summed E-state index contributed by atoms with van der Waals surface area (Å²) in [5.74, 6) is 0. The Kier molecular flexibility index (Phi) is 8.81. The minimum absolute atomic E-state index is 0.0685. The van der Waals surface area contributed by atoms with Gasteiger partial charge in [-0.25, -0.2) is 4.57 Å². The summed E-state index contributed by atoms with van der Waals surface area (Å²) >= 11 is 0. The molecule has 0 amide bonds. The number of hydrogen-bond donors (Lipinski definition) is 2. The Morgan fingerprint density at radius 2 is 0.973 bits per heavy atom. The lowest BCUT2D eigenvalue weighted by Crippen LogP contribution is -2.37. The van der Waals surface area contributed by atoms with Gasteiger partial charge in [0.2, 0.25) is 0 Å². The van der Waals surface area contributed by atoms with E-state index in [4.69, 9.17) is 4.52 Å². The van der Waals surface area contributed by atoms with E-state index < -0.39 is 13.4 Å². The second kappa shape index (κ2) is 10.3. The van der Waals surface area contributed by atoms with Crippen molar-refractivity contribution in [1.29, 1.82) is 0 Å². The molecule has 2 aromatic rings. The minimum atomic E-state index is -4.88. The van der Waals surface area contributed by atoms with Gasteiger partial charge in [-0.1, -0.05) is 133 Å². The second-order valence-electron chi connectivity index (χ2n) is 14.7. The van der Waals surface area contributed by atoms with Crippen LogP contribution in [0.4, 0.5) is 0 Å². The Balaban J connectivity index is 3.16. The highest BCUT2D eigenvalue weighted by Crippen LogP contribution is 2.55. The van der Waals surface area contributed by atoms with Crippen LogP contribution >= 0.6 is 7.82 Å². The van der Waals surface area contributed by atoms with Gasteiger partial charge >= 0.3 is 7.82 Å². The molecule has 0 aliphatic carbocycles. The SMILES string of the molecule is CCCC(OP(=O)(O)O)(c1ccc(C(C)(C)C)cc1C(C)(C)C)c1ccc(C(C)(C)C)cc1C(C)(C)C. The van der Waals surface area contributed by atoms with Crippen LogP contribution in [0, 0.1) is 0 Å². The first-order valence-electron chi connectivity index (χ1n) is 13.5. The average Bonchev–Trinajstić information content (AvgIpc) is 2.69. The van der Waals surface area contributed by atoms with Gasteiger partial charge in [-0.2, -0.15) is 0 Å². The molecule has 2 N–H and O–H groups in total. The van der Waals surface area contributed by atoms with Crippen molar-refractivity contribution in [3.8, 4) is 0 Å². The second-order valence-corrected chi connectivity index (χ2v) is 15.8. The lowest BCUT2D eigenvalue weighted by atomic mass is 9.68. The predicted octanol–water partition coefficient (Wildman–Crippen LogP) is 9.03. The molecule has 0 aliphatic rings. The molecule has 0 spiro atoms. The van der Waals surface area contributed by atoms with E-state index in [1.165, 1.54) is 11.1 Å². The van der Waals surface area contributed by atoms with Crippen LogP contribution in [0.25, 0.3) is 0 Å². The molecule has 0 fully saturated rings. The van der Waals surface area contributed by atoms with Crippen molar-refractivity contribution in [2.24, 2.45) is 0 Å². The summed E-state index contributed by atoms with van der Waals surface area (Å²) in [4.78, 5) is 20.7. The summed E-state index contributed by atoms with van der Waals surface area (Å²) in [6, 6.07) is 12.7. The third-order valence-corrected chi connectivity index (χ3v) is 7.68. The van der Waals surface area contributed by atoms with Crippen molar-refractivity contribution in [3.63, 3.8) is 0 Å². The van der Waals surface area contributed by atoms with Crippen LogP contribution in [-0.4, -0.2) is 9.79 Å². The minimum Gasteiger partial charge on any atom is -0.303 e. The highest BCUT2D eigenvalue weighted by atomic mass is 31.2. The number of phosphoric acid groups is 1. The van der Waals surface area contributed by atoms with Gasteiger partial charge in [-0.05, 0) is 61.5 Å². The molecule has 0 unspecified atom stereocenters. The average molecular weight is 531 g/mol. The van der Waals surface area contributed by atoms with Crippen molar-refractivity contribution < 1.29 is 18.9 Å². The number of rotatable bonds is 6. The van der Waals surface area contributed by atoms with Crippen LogP contribution in [0.1, 0.15) is 136 Å². The molecule has 5 heteroatoms. The van der Waals surface area contributed by atoms with Crippen LogP contribution in [0.5, 0.6) is 0 Å². The molecule has 37 heavy (non-hydrogen) atoms. The lowest BCUT2D eigenvalue weighted by molar-refractivity contribution is 0.0539. The highest BCUT2D eigenvalue weighted by molar-refractivity contribution is 7.46. The molecule has 0 aliphatic heterocycles. The molecule has 0 aromatic heterocycles. The number of benzene rings is 2. The third kappa shape index (κ3) is 7.35. The largest absolute Gasteiger partial charge is 0.470 e. The van der Waals surface area contributed by atoms with E-state index in [0.717, 1.165) is 22.3 Å². The van der Waals surface area contributed by atoms with Crippen molar-refractivity contribution in [1.82, 2.24) is 0 Å². The van der Waals surface area contributed by atoms with Crippen molar-refractivity contribution in [3.05, 3.63) is 69.8 Å². The monoisotopic (exact) mass is 530 g/mol. The molecule has 0 saturated carbocycles. The molecule has 0 saturated heterocycles. The van der Waals surface area contributed by atoms with Gasteiger partial charge in [0.25, 0.3) is 0 Å².